The van der Waals surface area contributed by atoms with Gasteiger partial charge in [-0.2, -0.15) is 0 Å². The van der Waals surface area contributed by atoms with Gasteiger partial charge in [-0.1, -0.05) is 13.8 Å². The van der Waals surface area contributed by atoms with Gasteiger partial charge in [0.2, 0.25) is 0 Å². The summed E-state index contributed by atoms with van der Waals surface area (Å²) in [5.74, 6) is -0.145. The number of thiazole rings is 1. The predicted octanol–water partition coefficient (Wildman–Crippen LogP) is 2.25. The second kappa shape index (κ2) is 5.24. The van der Waals surface area contributed by atoms with Crippen molar-refractivity contribution in [3.8, 4) is 10.6 Å². The number of aryl methyl sites for hydroxylation is 1. The Bertz CT molecular complexity index is 654. The molecule has 20 heavy (non-hydrogen) atoms. The number of nitrogens with two attached hydrogens (primary N) is 1. The van der Waals surface area contributed by atoms with E-state index >= 15 is 0 Å². The number of hydrogen-bond donors (Lipinski definition) is 1. The van der Waals surface area contributed by atoms with Crippen molar-refractivity contribution >= 4 is 17.2 Å². The van der Waals surface area contributed by atoms with Gasteiger partial charge in [-0.3, -0.25) is 9.18 Å². The van der Waals surface area contributed by atoms with Gasteiger partial charge in [0.1, 0.15) is 12.5 Å². The second-order valence-electron chi connectivity index (χ2n) is 5.08. The molecule has 106 valence electrons. The molecule has 5 nitrogen and oxygen atoms in total. The van der Waals surface area contributed by atoms with Gasteiger partial charge < -0.3 is 5.73 Å². The molecule has 0 saturated carbocycles. The van der Waals surface area contributed by atoms with Crippen LogP contribution in [0, 0.1) is 6.92 Å². The fourth-order valence-corrected chi connectivity index (χ4v) is 2.50. The Balaban J connectivity index is 2.49. The van der Waals surface area contributed by atoms with Crippen LogP contribution < -0.4 is 5.73 Å². The summed E-state index contributed by atoms with van der Waals surface area (Å²) in [5.41, 5.74) is 5.77. The number of carbonyl (C=O) groups excluding carboxylic acids is 1. The van der Waals surface area contributed by atoms with E-state index in [1.54, 1.807) is 33.0 Å². The molecule has 0 aliphatic carbocycles. The molecule has 0 fully saturated rings. The fraction of sp³-hybridized carbons (Fsp3) is 0.385. The lowest BCUT2D eigenvalue weighted by atomic mass is 9.94. The summed E-state index contributed by atoms with van der Waals surface area (Å²) in [6.07, 6.45) is 1.58. The van der Waals surface area contributed by atoms with E-state index in [9.17, 15) is 9.18 Å². The van der Waals surface area contributed by atoms with Crippen molar-refractivity contribution in [2.24, 2.45) is 5.73 Å². The van der Waals surface area contributed by atoms with Crippen LogP contribution in [0.5, 0.6) is 0 Å². The van der Waals surface area contributed by atoms with Gasteiger partial charge in [0.15, 0.2) is 5.01 Å². The van der Waals surface area contributed by atoms with E-state index in [0.717, 1.165) is 4.88 Å². The highest BCUT2D eigenvalue weighted by molar-refractivity contribution is 7.17. The van der Waals surface area contributed by atoms with Crippen molar-refractivity contribution in [3.63, 3.8) is 0 Å². The normalized spacial score (nSPS) is 11.6. The van der Waals surface area contributed by atoms with E-state index in [-0.39, 0.29) is 5.01 Å². The van der Waals surface area contributed by atoms with Gasteiger partial charge in [-0.15, -0.1) is 11.3 Å². The summed E-state index contributed by atoms with van der Waals surface area (Å²) in [5, 5.41) is 0.238. The molecular weight excluding hydrogens is 279 g/mol. The Kier molecular flexibility index (Phi) is 3.80. The van der Waals surface area contributed by atoms with Crippen molar-refractivity contribution in [1.29, 1.82) is 0 Å². The first-order chi connectivity index (χ1) is 9.35. The van der Waals surface area contributed by atoms with Crippen molar-refractivity contribution in [1.82, 2.24) is 15.0 Å². The lowest BCUT2D eigenvalue weighted by Crippen LogP contribution is -2.23. The van der Waals surface area contributed by atoms with Crippen LogP contribution in [0.2, 0.25) is 0 Å². The average Bonchev–Trinajstić information content (AvgIpc) is 2.81. The SMILES string of the molecule is Cc1nc(C(N)=O)sc1-c1ccnc(C(C)(C)CF)n1. The van der Waals surface area contributed by atoms with E-state index in [4.69, 9.17) is 5.73 Å². The second-order valence-corrected chi connectivity index (χ2v) is 6.08. The number of amides is 1. The Morgan fingerprint density at radius 1 is 1.45 bits per heavy atom. The minimum atomic E-state index is -0.749. The number of rotatable bonds is 4. The number of aromatic nitrogens is 3. The average molecular weight is 294 g/mol. The predicted molar refractivity (Wildman–Crippen MR) is 75.4 cm³/mol. The quantitative estimate of drug-likeness (QED) is 0.937. The zero-order valence-electron chi connectivity index (χ0n) is 11.5. The van der Waals surface area contributed by atoms with Gasteiger partial charge in [-0.25, -0.2) is 15.0 Å². The summed E-state index contributed by atoms with van der Waals surface area (Å²) in [6.45, 7) is 4.70. The zero-order chi connectivity index (χ0) is 14.9. The standard InChI is InChI=1S/C13H15FN4OS/c1-7-9(20-11(17-7)10(15)19)8-4-5-16-12(18-8)13(2,3)6-14/h4-5H,6H2,1-3H3,(H2,15,19). The summed E-state index contributed by atoms with van der Waals surface area (Å²) >= 11 is 1.18. The minimum Gasteiger partial charge on any atom is -0.364 e. The molecule has 2 aromatic rings. The smallest absolute Gasteiger partial charge is 0.277 e. The van der Waals surface area contributed by atoms with Crippen molar-refractivity contribution < 1.29 is 9.18 Å². The topological polar surface area (TPSA) is 81.8 Å². The Hall–Kier alpha value is -1.89. The third kappa shape index (κ3) is 2.67. The third-order valence-corrected chi connectivity index (χ3v) is 4.03. The summed E-state index contributed by atoms with van der Waals surface area (Å²) in [6, 6.07) is 1.71. The number of alkyl halides is 1. The number of primary amides is 1. The zero-order valence-corrected chi connectivity index (χ0v) is 12.3. The first-order valence-electron chi connectivity index (χ1n) is 6.02. The molecule has 0 atom stereocenters. The highest BCUT2D eigenvalue weighted by atomic mass is 32.1. The summed E-state index contributed by atoms with van der Waals surface area (Å²) in [4.78, 5) is 24.5. The van der Waals surface area contributed by atoms with Crippen LogP contribution in [-0.4, -0.2) is 27.5 Å². The molecule has 2 aromatic heterocycles. The van der Waals surface area contributed by atoms with Gasteiger partial charge in [0.05, 0.1) is 21.7 Å². The van der Waals surface area contributed by atoms with Crippen LogP contribution in [0.15, 0.2) is 12.3 Å². The molecule has 0 aliphatic heterocycles. The van der Waals surface area contributed by atoms with Crippen molar-refractivity contribution in [3.05, 3.63) is 28.8 Å². The van der Waals surface area contributed by atoms with Crippen LogP contribution in [0.25, 0.3) is 10.6 Å². The first kappa shape index (κ1) is 14.5. The molecule has 0 unspecified atom stereocenters. The van der Waals surface area contributed by atoms with Crippen LogP contribution in [0.1, 0.15) is 35.2 Å². The fourth-order valence-electron chi connectivity index (χ4n) is 1.61. The van der Waals surface area contributed by atoms with Gasteiger partial charge in [0.25, 0.3) is 5.91 Å². The lowest BCUT2D eigenvalue weighted by Gasteiger charge is -2.18. The van der Waals surface area contributed by atoms with Gasteiger partial charge in [-0.05, 0) is 13.0 Å². The Morgan fingerprint density at radius 3 is 2.70 bits per heavy atom. The molecular formula is C13H15FN4OS. The Morgan fingerprint density at radius 2 is 2.15 bits per heavy atom. The molecule has 0 spiro atoms. The molecule has 1 amide bonds. The van der Waals surface area contributed by atoms with E-state index in [2.05, 4.69) is 15.0 Å². The molecule has 0 radical (unpaired) electrons. The molecule has 2 heterocycles. The molecule has 0 saturated heterocycles. The summed E-state index contributed by atoms with van der Waals surface area (Å²) < 4.78 is 13.0. The number of hydrogen-bond acceptors (Lipinski definition) is 5. The minimum absolute atomic E-state index is 0.238. The molecule has 7 heteroatoms. The first-order valence-corrected chi connectivity index (χ1v) is 6.84. The Labute approximate surface area is 120 Å². The van der Waals surface area contributed by atoms with Gasteiger partial charge >= 0.3 is 0 Å². The van der Waals surface area contributed by atoms with E-state index in [0.29, 0.717) is 17.2 Å². The maximum Gasteiger partial charge on any atom is 0.277 e. The third-order valence-electron chi connectivity index (χ3n) is 2.84. The molecule has 2 rings (SSSR count). The lowest BCUT2D eigenvalue weighted by molar-refractivity contribution is 0.1000. The molecule has 0 aliphatic rings. The van der Waals surface area contributed by atoms with Crippen molar-refractivity contribution in [2.75, 3.05) is 6.67 Å². The monoisotopic (exact) mass is 294 g/mol. The number of halogens is 1. The molecule has 0 aromatic carbocycles. The van der Waals surface area contributed by atoms with Crippen molar-refractivity contribution in [2.45, 2.75) is 26.2 Å². The number of nitrogens with zero attached hydrogens (tertiary/aromatic N) is 3. The van der Waals surface area contributed by atoms with E-state index < -0.39 is 18.0 Å². The largest absolute Gasteiger partial charge is 0.364 e. The number of carbonyl (C=O) groups is 1. The van der Waals surface area contributed by atoms with Crippen LogP contribution >= 0.6 is 11.3 Å². The highest BCUT2D eigenvalue weighted by Gasteiger charge is 2.25. The molecule has 2 N–H and O–H groups in total. The van der Waals surface area contributed by atoms with E-state index in [1.165, 1.54) is 11.3 Å². The maximum absolute atomic E-state index is 13.0. The van der Waals surface area contributed by atoms with Crippen LogP contribution in [0.4, 0.5) is 4.39 Å². The van der Waals surface area contributed by atoms with E-state index in [1.807, 2.05) is 0 Å². The van der Waals surface area contributed by atoms with Crippen LogP contribution in [-0.2, 0) is 5.41 Å². The summed E-state index contributed by atoms with van der Waals surface area (Å²) in [7, 11) is 0. The van der Waals surface area contributed by atoms with Gasteiger partial charge in [0, 0.05) is 6.20 Å². The highest BCUT2D eigenvalue weighted by Crippen LogP contribution is 2.30. The van der Waals surface area contributed by atoms with Crippen LogP contribution in [0.3, 0.4) is 0 Å². The maximum atomic E-state index is 13.0. The molecule has 0 bridgehead atoms.